The molecule has 8 nitrogen and oxygen atoms in total. The van der Waals surface area contributed by atoms with Gasteiger partial charge in [0, 0.05) is 18.2 Å². The molecule has 1 heterocycles. The van der Waals surface area contributed by atoms with Crippen molar-refractivity contribution in [1.82, 2.24) is 20.4 Å². The molecule has 2 N–H and O–H groups in total. The molecule has 3 aromatic rings. The Morgan fingerprint density at radius 1 is 1.06 bits per heavy atom. The van der Waals surface area contributed by atoms with Crippen LogP contribution in [-0.4, -0.2) is 54.6 Å². The minimum atomic E-state index is -3.31. The number of fused-ring (bicyclic) bond motifs is 1. The monoisotopic (exact) mass is 524 g/mol. The van der Waals surface area contributed by atoms with E-state index in [4.69, 9.17) is 0 Å². The minimum Gasteiger partial charge on any atom is -0.353 e. The second-order valence-corrected chi connectivity index (χ2v) is 11.8. The fourth-order valence-electron chi connectivity index (χ4n) is 3.59. The Bertz CT molecular complexity index is 1400. The highest BCUT2D eigenvalue weighted by molar-refractivity contribution is 7.90. The Labute approximate surface area is 206 Å². The van der Waals surface area contributed by atoms with Crippen molar-refractivity contribution in [2.45, 2.75) is 33.4 Å². The Balaban J connectivity index is 1.94. The van der Waals surface area contributed by atoms with E-state index >= 15 is 0 Å². The number of hydrogen-bond donors (Lipinski definition) is 2. The van der Waals surface area contributed by atoms with Gasteiger partial charge in [-0.25, -0.2) is 21.6 Å². The zero-order valence-electron chi connectivity index (χ0n) is 20.2. The summed E-state index contributed by atoms with van der Waals surface area (Å²) >= 11 is 0. The average molecular weight is 525 g/mol. The zero-order chi connectivity index (χ0) is 26.8. The van der Waals surface area contributed by atoms with Crippen molar-refractivity contribution < 1.29 is 31.2 Å². The van der Waals surface area contributed by atoms with Gasteiger partial charge in [0.25, 0.3) is 5.91 Å². The SMILES string of the molecule is CC(C)(C)[C@H](NC(=O)c1nn(Cc2ccc(F)cc2)c2c(F)c(F)ccc12)C(=O)NCCS(C)(=O)=O. The van der Waals surface area contributed by atoms with Gasteiger partial charge in [0.2, 0.25) is 5.91 Å². The van der Waals surface area contributed by atoms with Crippen LogP contribution >= 0.6 is 0 Å². The highest BCUT2D eigenvalue weighted by Crippen LogP contribution is 2.26. The molecule has 0 spiro atoms. The number of sulfone groups is 1. The van der Waals surface area contributed by atoms with Crippen LogP contribution in [0, 0.1) is 22.9 Å². The molecule has 12 heteroatoms. The zero-order valence-corrected chi connectivity index (χ0v) is 21.0. The smallest absolute Gasteiger partial charge is 0.273 e. The number of halogens is 3. The van der Waals surface area contributed by atoms with E-state index < -0.39 is 50.6 Å². The molecule has 1 aromatic heterocycles. The number of benzene rings is 2. The van der Waals surface area contributed by atoms with Crippen LogP contribution in [0.3, 0.4) is 0 Å². The van der Waals surface area contributed by atoms with E-state index in [0.717, 1.165) is 17.0 Å². The van der Waals surface area contributed by atoms with Crippen molar-refractivity contribution >= 4 is 32.6 Å². The summed E-state index contributed by atoms with van der Waals surface area (Å²) in [7, 11) is -3.31. The first-order valence-corrected chi connectivity index (χ1v) is 13.1. The maximum atomic E-state index is 14.8. The maximum Gasteiger partial charge on any atom is 0.273 e. The van der Waals surface area contributed by atoms with E-state index in [-0.39, 0.29) is 35.4 Å². The maximum absolute atomic E-state index is 14.8. The first-order chi connectivity index (χ1) is 16.7. The van der Waals surface area contributed by atoms with Crippen LogP contribution < -0.4 is 10.6 Å². The van der Waals surface area contributed by atoms with E-state index in [9.17, 15) is 31.2 Å². The van der Waals surface area contributed by atoms with Gasteiger partial charge < -0.3 is 10.6 Å². The molecule has 0 saturated carbocycles. The van der Waals surface area contributed by atoms with Crippen molar-refractivity contribution in [3.63, 3.8) is 0 Å². The van der Waals surface area contributed by atoms with Crippen LogP contribution in [0.15, 0.2) is 36.4 Å². The number of hydrogen-bond acceptors (Lipinski definition) is 5. The van der Waals surface area contributed by atoms with Gasteiger partial charge >= 0.3 is 0 Å². The number of carbonyl (C=O) groups is 2. The molecule has 0 unspecified atom stereocenters. The third kappa shape index (κ3) is 6.42. The van der Waals surface area contributed by atoms with Crippen LogP contribution in [-0.2, 0) is 21.2 Å². The van der Waals surface area contributed by atoms with Crippen molar-refractivity contribution in [3.05, 3.63) is 65.1 Å². The van der Waals surface area contributed by atoms with E-state index in [0.29, 0.717) is 5.56 Å². The first kappa shape index (κ1) is 27.2. The molecule has 0 aliphatic carbocycles. The Morgan fingerprint density at radius 2 is 1.69 bits per heavy atom. The second kappa shape index (κ2) is 10.3. The van der Waals surface area contributed by atoms with E-state index in [1.54, 1.807) is 20.8 Å². The molecule has 2 aromatic carbocycles. The Morgan fingerprint density at radius 3 is 2.28 bits per heavy atom. The van der Waals surface area contributed by atoms with E-state index in [2.05, 4.69) is 15.7 Å². The molecule has 3 rings (SSSR count). The lowest BCUT2D eigenvalue weighted by Gasteiger charge is -2.30. The van der Waals surface area contributed by atoms with Crippen LogP contribution in [0.25, 0.3) is 10.9 Å². The predicted octanol–water partition coefficient (Wildman–Crippen LogP) is 2.81. The molecular weight excluding hydrogens is 497 g/mol. The van der Waals surface area contributed by atoms with Crippen LogP contribution in [0.1, 0.15) is 36.8 Å². The van der Waals surface area contributed by atoms with Gasteiger partial charge in [-0.05, 0) is 35.2 Å². The molecular formula is C24H27F3N4O4S. The number of nitrogens with zero attached hydrogens (tertiary/aromatic N) is 2. The number of nitrogens with one attached hydrogen (secondary N) is 2. The lowest BCUT2D eigenvalue weighted by atomic mass is 9.86. The topological polar surface area (TPSA) is 110 Å². The van der Waals surface area contributed by atoms with Gasteiger partial charge in [-0.1, -0.05) is 32.9 Å². The van der Waals surface area contributed by atoms with Crippen LogP contribution in [0.2, 0.25) is 0 Å². The summed E-state index contributed by atoms with van der Waals surface area (Å²) in [4.78, 5) is 26.0. The summed E-state index contributed by atoms with van der Waals surface area (Å²) in [6.45, 7) is 4.90. The van der Waals surface area contributed by atoms with Gasteiger partial charge in [-0.3, -0.25) is 14.3 Å². The summed E-state index contributed by atoms with van der Waals surface area (Å²) in [5.74, 6) is -4.48. The molecule has 2 amide bonds. The van der Waals surface area contributed by atoms with Crippen LogP contribution in [0.5, 0.6) is 0 Å². The van der Waals surface area contributed by atoms with Crippen molar-refractivity contribution in [2.24, 2.45) is 5.41 Å². The molecule has 0 radical (unpaired) electrons. The Hall–Kier alpha value is -3.41. The molecule has 0 aliphatic rings. The van der Waals surface area contributed by atoms with E-state index in [1.807, 2.05) is 0 Å². The normalized spacial score (nSPS) is 13.0. The lowest BCUT2D eigenvalue weighted by Crippen LogP contribution is -2.54. The fourth-order valence-corrected chi connectivity index (χ4v) is 4.06. The molecule has 194 valence electrons. The predicted molar refractivity (Wildman–Crippen MR) is 129 cm³/mol. The van der Waals surface area contributed by atoms with Crippen molar-refractivity contribution in [1.29, 1.82) is 0 Å². The van der Waals surface area contributed by atoms with Crippen LogP contribution in [0.4, 0.5) is 13.2 Å². The minimum absolute atomic E-state index is 0.0265. The number of carbonyl (C=O) groups excluding carboxylic acids is 2. The van der Waals surface area contributed by atoms with Crippen molar-refractivity contribution in [3.8, 4) is 0 Å². The van der Waals surface area contributed by atoms with Gasteiger partial charge in [-0.2, -0.15) is 5.10 Å². The summed E-state index contributed by atoms with van der Waals surface area (Å²) in [5, 5.41) is 9.31. The standard InChI is InChI=1S/C24H27F3N4O4S/c1-24(2,3)21(23(33)28-11-12-36(4,34)35)29-22(32)19-16-9-10-17(26)18(27)20(16)31(30-19)13-14-5-7-15(25)8-6-14/h5-10,21H,11-13H2,1-4H3,(H,28,33)(H,29,32)/t21-/m1/s1. The lowest BCUT2D eigenvalue weighted by molar-refractivity contribution is -0.125. The molecule has 0 fully saturated rings. The highest BCUT2D eigenvalue weighted by Gasteiger charge is 2.34. The van der Waals surface area contributed by atoms with Gasteiger partial charge in [0.05, 0.1) is 12.3 Å². The highest BCUT2D eigenvalue weighted by atomic mass is 32.2. The summed E-state index contributed by atoms with van der Waals surface area (Å²) in [6.07, 6.45) is 1.04. The molecule has 36 heavy (non-hydrogen) atoms. The number of amides is 2. The average Bonchev–Trinajstić information content (AvgIpc) is 3.13. The quantitative estimate of drug-likeness (QED) is 0.471. The third-order valence-electron chi connectivity index (χ3n) is 5.44. The summed E-state index contributed by atoms with van der Waals surface area (Å²) < 4.78 is 65.9. The van der Waals surface area contributed by atoms with Gasteiger partial charge in [0.1, 0.15) is 27.2 Å². The third-order valence-corrected chi connectivity index (χ3v) is 6.39. The summed E-state index contributed by atoms with van der Waals surface area (Å²) in [5.41, 5.74) is -0.734. The Kier molecular flexibility index (Phi) is 7.77. The molecule has 0 bridgehead atoms. The first-order valence-electron chi connectivity index (χ1n) is 11.0. The number of aromatic nitrogens is 2. The van der Waals surface area contributed by atoms with E-state index in [1.165, 1.54) is 30.3 Å². The molecule has 1 atom stereocenters. The molecule has 0 saturated heterocycles. The largest absolute Gasteiger partial charge is 0.353 e. The fraction of sp³-hybridized carbons (Fsp3) is 0.375. The molecule has 0 aliphatic heterocycles. The number of rotatable bonds is 8. The second-order valence-electron chi connectivity index (χ2n) is 9.58. The van der Waals surface area contributed by atoms with Gasteiger partial charge in [0.15, 0.2) is 17.3 Å². The van der Waals surface area contributed by atoms with Gasteiger partial charge in [-0.15, -0.1) is 0 Å². The van der Waals surface area contributed by atoms with Crippen molar-refractivity contribution in [2.75, 3.05) is 18.6 Å². The summed E-state index contributed by atoms with van der Waals surface area (Å²) in [6, 6.07) is 6.33.